The SMILES string of the molecule is COC(=O)[C@H](CN)NC(=O)c1c(C)nc(NCCCc2cccc(O)c2)nc1C.COC(=O)[C@H](CNC(=O)c1ccccn1)NC(=O)c1c(C)nc(NCCCc2cccc(O)c2)nc1C. The fraction of sp³-hybridized carbons (Fsp3) is 0.348. The molecule has 3 heterocycles. The van der Waals surface area contributed by atoms with E-state index < -0.39 is 41.7 Å². The van der Waals surface area contributed by atoms with Gasteiger partial charge in [-0.05, 0) is 101 Å². The van der Waals surface area contributed by atoms with E-state index in [2.05, 4.69) is 56.2 Å². The molecule has 9 N–H and O–H groups in total. The van der Waals surface area contributed by atoms with Gasteiger partial charge in [0, 0.05) is 32.4 Å². The van der Waals surface area contributed by atoms with Crippen LogP contribution < -0.4 is 32.3 Å². The van der Waals surface area contributed by atoms with Crippen molar-refractivity contribution >= 4 is 41.6 Å². The van der Waals surface area contributed by atoms with Crippen LogP contribution in [0.25, 0.3) is 0 Å². The van der Waals surface area contributed by atoms with E-state index in [1.807, 2.05) is 18.2 Å². The summed E-state index contributed by atoms with van der Waals surface area (Å²) in [5.74, 6) is -1.55. The van der Waals surface area contributed by atoms with E-state index in [-0.39, 0.29) is 35.8 Å². The van der Waals surface area contributed by atoms with Crippen LogP contribution in [-0.4, -0.2) is 117 Å². The number of anilines is 2. The normalized spacial score (nSPS) is 11.4. The average molecular weight is 908 g/mol. The van der Waals surface area contributed by atoms with Crippen LogP contribution in [0.2, 0.25) is 0 Å². The molecule has 0 saturated heterocycles. The van der Waals surface area contributed by atoms with Gasteiger partial charge in [-0.15, -0.1) is 0 Å². The number of nitrogens with two attached hydrogens (primary N) is 1. The van der Waals surface area contributed by atoms with E-state index in [0.717, 1.165) is 36.8 Å². The molecule has 5 rings (SSSR count). The average Bonchev–Trinajstić information content (AvgIpc) is 3.29. The lowest BCUT2D eigenvalue weighted by Crippen LogP contribution is -2.49. The Bertz CT molecular complexity index is 2410. The number of nitrogens with one attached hydrogen (secondary N) is 5. The second kappa shape index (κ2) is 25.5. The molecule has 350 valence electrons. The number of pyridine rings is 1. The molecular formula is C46H57N11O9. The van der Waals surface area contributed by atoms with Crippen molar-refractivity contribution in [3.63, 3.8) is 0 Å². The fourth-order valence-corrected chi connectivity index (χ4v) is 6.59. The first-order valence-corrected chi connectivity index (χ1v) is 21.0. The minimum absolute atomic E-state index is 0.0732. The first kappa shape index (κ1) is 50.9. The van der Waals surface area contributed by atoms with Crippen molar-refractivity contribution in [1.82, 2.24) is 40.9 Å². The van der Waals surface area contributed by atoms with Crippen molar-refractivity contribution in [3.8, 4) is 11.5 Å². The molecule has 0 fully saturated rings. The summed E-state index contributed by atoms with van der Waals surface area (Å²) in [5, 5.41) is 33.1. The molecule has 66 heavy (non-hydrogen) atoms. The lowest BCUT2D eigenvalue weighted by atomic mass is 10.1. The largest absolute Gasteiger partial charge is 0.508 e. The van der Waals surface area contributed by atoms with Gasteiger partial charge in [-0.3, -0.25) is 19.4 Å². The summed E-state index contributed by atoms with van der Waals surface area (Å²) < 4.78 is 9.41. The number of amides is 3. The minimum Gasteiger partial charge on any atom is -0.508 e. The number of phenolic OH excluding ortho intramolecular Hbond substituents is 2. The third kappa shape index (κ3) is 15.5. The molecule has 0 bridgehead atoms. The van der Waals surface area contributed by atoms with Crippen LogP contribution in [0, 0.1) is 27.7 Å². The zero-order valence-electron chi connectivity index (χ0n) is 37.8. The van der Waals surface area contributed by atoms with E-state index in [1.165, 1.54) is 26.5 Å². The number of ether oxygens (including phenoxy) is 2. The number of methoxy groups -OCH3 is 2. The maximum absolute atomic E-state index is 13.0. The lowest BCUT2D eigenvalue weighted by molar-refractivity contribution is -0.143. The number of rotatable bonds is 20. The van der Waals surface area contributed by atoms with E-state index in [0.29, 0.717) is 53.3 Å². The first-order chi connectivity index (χ1) is 31.6. The Labute approximate surface area is 382 Å². The Balaban J connectivity index is 0.000000297. The number of aryl methyl sites for hydroxylation is 6. The van der Waals surface area contributed by atoms with Crippen LogP contribution in [0.1, 0.15) is 77.9 Å². The molecule has 0 aliphatic rings. The summed E-state index contributed by atoms with van der Waals surface area (Å²) in [6.07, 6.45) is 4.66. The molecule has 0 aliphatic heterocycles. The van der Waals surface area contributed by atoms with Crippen LogP contribution in [0.3, 0.4) is 0 Å². The summed E-state index contributed by atoms with van der Waals surface area (Å²) >= 11 is 0. The van der Waals surface area contributed by atoms with Crippen LogP contribution in [0.4, 0.5) is 11.9 Å². The molecule has 0 unspecified atom stereocenters. The Morgan fingerprint density at radius 2 is 1.08 bits per heavy atom. The highest BCUT2D eigenvalue weighted by Crippen LogP contribution is 2.17. The van der Waals surface area contributed by atoms with Crippen LogP contribution in [0.5, 0.6) is 11.5 Å². The highest BCUT2D eigenvalue weighted by molar-refractivity contribution is 5.99. The summed E-state index contributed by atoms with van der Waals surface area (Å²) in [7, 11) is 2.43. The molecule has 3 aromatic heterocycles. The number of aromatic hydroxyl groups is 2. The van der Waals surface area contributed by atoms with E-state index in [1.54, 1.807) is 70.2 Å². The van der Waals surface area contributed by atoms with Crippen molar-refractivity contribution in [2.45, 2.75) is 65.5 Å². The van der Waals surface area contributed by atoms with E-state index in [4.69, 9.17) is 10.5 Å². The molecule has 2 atom stereocenters. The van der Waals surface area contributed by atoms with Gasteiger partial charge in [-0.25, -0.2) is 29.5 Å². The first-order valence-electron chi connectivity index (χ1n) is 21.0. The Kier molecular flexibility index (Phi) is 19.7. The number of hydrogen-bond donors (Lipinski definition) is 8. The molecular weight excluding hydrogens is 851 g/mol. The quantitative estimate of drug-likeness (QED) is 0.0411. The number of nitrogens with zero attached hydrogens (tertiary/aromatic N) is 5. The maximum atomic E-state index is 13.0. The predicted molar refractivity (Wildman–Crippen MR) is 245 cm³/mol. The number of benzene rings is 2. The summed E-state index contributed by atoms with van der Waals surface area (Å²) in [6.45, 7) is 7.74. The van der Waals surface area contributed by atoms with E-state index >= 15 is 0 Å². The van der Waals surface area contributed by atoms with Gasteiger partial charge in [0.15, 0.2) is 0 Å². The van der Waals surface area contributed by atoms with Crippen molar-refractivity contribution in [2.24, 2.45) is 5.73 Å². The van der Waals surface area contributed by atoms with Crippen molar-refractivity contribution in [3.05, 3.63) is 124 Å². The van der Waals surface area contributed by atoms with Crippen molar-refractivity contribution in [1.29, 1.82) is 0 Å². The van der Waals surface area contributed by atoms with Gasteiger partial charge in [0.25, 0.3) is 17.7 Å². The van der Waals surface area contributed by atoms with Gasteiger partial charge in [0.05, 0.1) is 48.1 Å². The predicted octanol–water partition coefficient (Wildman–Crippen LogP) is 3.01. The topological polar surface area (TPSA) is 295 Å². The van der Waals surface area contributed by atoms with Gasteiger partial charge in [0.2, 0.25) is 11.9 Å². The second-order valence-corrected chi connectivity index (χ2v) is 14.8. The second-order valence-electron chi connectivity index (χ2n) is 14.8. The smallest absolute Gasteiger partial charge is 0.330 e. The molecule has 3 amide bonds. The highest BCUT2D eigenvalue weighted by Gasteiger charge is 2.27. The lowest BCUT2D eigenvalue weighted by Gasteiger charge is -2.18. The van der Waals surface area contributed by atoms with Crippen molar-refractivity contribution in [2.75, 3.05) is 51.0 Å². The third-order valence-corrected chi connectivity index (χ3v) is 9.85. The summed E-state index contributed by atoms with van der Waals surface area (Å²) in [5.41, 5.74) is 10.2. The van der Waals surface area contributed by atoms with Gasteiger partial charge in [-0.2, -0.15) is 0 Å². The van der Waals surface area contributed by atoms with Crippen LogP contribution >= 0.6 is 0 Å². The van der Waals surface area contributed by atoms with Crippen LogP contribution in [0.15, 0.2) is 72.9 Å². The number of phenols is 2. The maximum Gasteiger partial charge on any atom is 0.330 e. The van der Waals surface area contributed by atoms with Gasteiger partial charge in [0.1, 0.15) is 29.3 Å². The molecule has 0 radical (unpaired) electrons. The molecule has 20 nitrogen and oxygen atoms in total. The van der Waals surface area contributed by atoms with E-state index in [9.17, 15) is 34.2 Å². The zero-order valence-corrected chi connectivity index (χ0v) is 37.8. The van der Waals surface area contributed by atoms with Gasteiger partial charge in [-0.1, -0.05) is 30.3 Å². The molecule has 5 aromatic rings. The zero-order chi connectivity index (χ0) is 48.2. The monoisotopic (exact) mass is 907 g/mol. The number of aromatic nitrogens is 5. The molecule has 0 spiro atoms. The Morgan fingerprint density at radius 1 is 0.621 bits per heavy atom. The Hall–Kier alpha value is -7.74. The van der Waals surface area contributed by atoms with Crippen molar-refractivity contribution < 1.29 is 43.7 Å². The fourth-order valence-electron chi connectivity index (χ4n) is 6.59. The third-order valence-electron chi connectivity index (χ3n) is 9.85. The van der Waals surface area contributed by atoms with Gasteiger partial charge >= 0.3 is 11.9 Å². The molecule has 2 aromatic carbocycles. The number of carbonyl (C=O) groups excluding carboxylic acids is 5. The minimum atomic E-state index is -1.13. The molecule has 0 saturated carbocycles. The highest BCUT2D eigenvalue weighted by atomic mass is 16.5. The Morgan fingerprint density at radius 3 is 1.48 bits per heavy atom. The standard InChI is InChI=1S/C26H30N6O5.C20H27N5O4/c1-16-22(17(2)31-26(30-16)28-13-7-9-18-8-6-10-19(33)14-18)24(35)32-21(25(36)37-3)15-29-23(34)20-11-4-5-12-27-20;1-12-17(18(27)25-16(11-21)19(28)29-3)13(2)24-20(23-12)22-9-5-7-14-6-4-8-15(26)10-14/h4-6,8,10-12,14,21,33H,7,9,13,15H2,1-3H3,(H,29,34)(H,32,35)(H,28,30,31);4,6,8,10,16,26H,5,7,9,11,21H2,1-3H3,(H,25,27)(H,22,23,24)/t21-;16-/m00/s1. The van der Waals surface area contributed by atoms with Gasteiger partial charge < -0.3 is 52.0 Å². The summed E-state index contributed by atoms with van der Waals surface area (Å²) in [4.78, 5) is 83.1. The number of hydrogen-bond acceptors (Lipinski definition) is 17. The van der Waals surface area contributed by atoms with Crippen LogP contribution in [-0.2, 0) is 31.9 Å². The number of carbonyl (C=O) groups is 5. The summed E-state index contributed by atoms with van der Waals surface area (Å²) in [6, 6.07) is 17.1. The number of esters is 2. The molecule has 20 heteroatoms. The molecule has 0 aliphatic carbocycles.